The maximum absolute atomic E-state index is 6.86. The monoisotopic (exact) mass is 1730 g/mol. The molecule has 2 aromatic heterocycles. The Morgan fingerprint density at radius 1 is 0.236 bits per heavy atom. The summed E-state index contributed by atoms with van der Waals surface area (Å²) in [5, 5.41) is 13.8. The second-order valence-electron chi connectivity index (χ2n) is 45.1. The van der Waals surface area contributed by atoms with Crippen molar-refractivity contribution in [2.45, 2.75) is 511 Å². The van der Waals surface area contributed by atoms with E-state index in [1.165, 1.54) is 0 Å². The molecule has 0 spiro atoms. The van der Waals surface area contributed by atoms with E-state index in [1.54, 1.807) is 0 Å². The Morgan fingerprint density at radius 3 is 0.585 bits per heavy atom. The minimum atomic E-state index is -0.324. The van der Waals surface area contributed by atoms with Gasteiger partial charge in [-0.15, -0.1) is 0 Å². The van der Waals surface area contributed by atoms with Crippen LogP contribution in [0.25, 0.3) is 0 Å². The van der Waals surface area contributed by atoms with E-state index < -0.39 is 0 Å². The number of anilines is 6. The predicted octanol–water partition coefficient (Wildman–Crippen LogP) is 22.3. The van der Waals surface area contributed by atoms with Gasteiger partial charge < -0.3 is 29.4 Å². The highest BCUT2D eigenvalue weighted by molar-refractivity contribution is 5.51. The normalized spacial score (nSPS) is 23.2. The molecule has 6 fully saturated rings. The zero-order chi connectivity index (χ0) is 91.1. The summed E-state index contributed by atoms with van der Waals surface area (Å²) < 4.78 is 0. The van der Waals surface area contributed by atoms with E-state index in [0.29, 0.717) is 39.6 Å². The van der Waals surface area contributed by atoms with Crippen molar-refractivity contribution in [1.29, 1.82) is 0 Å². The van der Waals surface area contributed by atoms with Crippen molar-refractivity contribution < 1.29 is 29.0 Å². The van der Waals surface area contributed by atoms with Crippen LogP contribution in [0.2, 0.25) is 0 Å². The molecule has 2 aromatic rings. The second kappa shape index (κ2) is 44.2. The standard InChI is InChI=1S/C99H188N18O6/c1-34-44-52-106(77-64-76(11)112(118-58-38-5)89(12,13)65-77)83-100-84(107(53-45-35-2)78-66-90(14,15)113(119-59-39-6)91(16,17)67-78)103-87(101-83)110(81-72-96(26,27)116(122-62-42-9)97(28,29)73-81)56-50-48-49-51-57-111(82-74-98(30,31)117(123-63-43-10)99(32,33)75-82)88-104-85(108(54-46-36-3)79-68-92(18,19)114(120-60-40-7)93(20,21)69-79)102-86(105-88)109(55-47-37-4)80-70-94(22,23)115(121-61-41-8)95(24,25)71-80/h77-82H,11,34-75H2,1-10,12-33H3. The van der Waals surface area contributed by atoms with Crippen LogP contribution >= 0.6 is 0 Å². The van der Waals surface area contributed by atoms with Crippen LogP contribution in [-0.4, -0.2) is 236 Å². The molecule has 0 amide bonds. The fourth-order valence-electron chi connectivity index (χ4n) is 23.4. The molecule has 123 heavy (non-hydrogen) atoms. The van der Waals surface area contributed by atoms with E-state index in [2.05, 4.69) is 281 Å². The molecule has 6 aliphatic rings. The number of unbranched alkanes of at least 4 members (excludes halogenated alkanes) is 7. The molecular formula is C99H188N18O6. The van der Waals surface area contributed by atoms with E-state index in [9.17, 15) is 0 Å². The van der Waals surface area contributed by atoms with Crippen LogP contribution in [0.15, 0.2) is 12.3 Å². The van der Waals surface area contributed by atoms with Gasteiger partial charge in [0.1, 0.15) is 0 Å². The fourth-order valence-corrected chi connectivity index (χ4v) is 23.4. The van der Waals surface area contributed by atoms with Gasteiger partial charge in [-0.05, 0) is 300 Å². The summed E-state index contributed by atoms with van der Waals surface area (Å²) >= 11 is 0. The van der Waals surface area contributed by atoms with Crippen molar-refractivity contribution >= 4 is 35.7 Å². The maximum Gasteiger partial charge on any atom is 0.232 e. The van der Waals surface area contributed by atoms with Gasteiger partial charge in [0.2, 0.25) is 35.7 Å². The second-order valence-corrected chi connectivity index (χ2v) is 45.1. The molecule has 0 aliphatic carbocycles. The lowest BCUT2D eigenvalue weighted by molar-refractivity contribution is -0.282. The first kappa shape index (κ1) is 104. The summed E-state index contributed by atoms with van der Waals surface area (Å²) in [6.45, 7) is 88.7. The number of rotatable bonds is 49. The molecule has 0 bridgehead atoms. The molecule has 8 heterocycles. The van der Waals surface area contributed by atoms with Gasteiger partial charge in [0.05, 0.1) is 45.2 Å². The Labute approximate surface area is 753 Å². The predicted molar refractivity (Wildman–Crippen MR) is 512 cm³/mol. The minimum absolute atomic E-state index is 0.0758. The van der Waals surface area contributed by atoms with Crippen molar-refractivity contribution in [2.75, 3.05) is 108 Å². The van der Waals surface area contributed by atoms with Crippen LogP contribution in [0.1, 0.15) is 414 Å². The van der Waals surface area contributed by atoms with E-state index in [4.69, 9.17) is 65.5 Å². The molecule has 0 N–H and O–H groups in total. The third-order valence-corrected chi connectivity index (χ3v) is 27.4. The van der Waals surface area contributed by atoms with Crippen LogP contribution < -0.4 is 29.4 Å². The third-order valence-electron chi connectivity index (χ3n) is 27.4. The number of nitrogens with zero attached hydrogens (tertiary/aromatic N) is 18. The average molecular weight is 1730 g/mol. The van der Waals surface area contributed by atoms with Crippen LogP contribution in [0, 0.1) is 0 Å². The maximum atomic E-state index is 6.86. The molecule has 0 saturated carbocycles. The third kappa shape index (κ3) is 26.2. The summed E-state index contributed by atoms with van der Waals surface area (Å²) in [6.07, 6.45) is 28.3. The van der Waals surface area contributed by atoms with Gasteiger partial charge >= 0.3 is 0 Å². The summed E-state index contributed by atoms with van der Waals surface area (Å²) in [5.74, 6) is 4.71. The molecule has 1 unspecified atom stereocenters. The van der Waals surface area contributed by atoms with E-state index >= 15 is 0 Å². The van der Waals surface area contributed by atoms with E-state index in [-0.39, 0.29) is 97.2 Å². The van der Waals surface area contributed by atoms with Gasteiger partial charge in [-0.1, -0.05) is 114 Å². The molecular weight excluding hydrogens is 1540 g/mol. The Balaban J connectivity index is 1.29. The smallest absolute Gasteiger partial charge is 0.232 e. The molecule has 6 saturated heterocycles. The number of piperidine rings is 6. The minimum Gasteiger partial charge on any atom is -0.337 e. The van der Waals surface area contributed by atoms with Crippen LogP contribution in [0.5, 0.6) is 0 Å². The first-order valence-electron chi connectivity index (χ1n) is 50.0. The largest absolute Gasteiger partial charge is 0.337 e. The average Bonchev–Trinajstić information content (AvgIpc) is 0.755. The zero-order valence-corrected chi connectivity index (χ0v) is 85.4. The van der Waals surface area contributed by atoms with Crippen LogP contribution in [0.4, 0.5) is 35.7 Å². The summed E-state index contributed by atoms with van der Waals surface area (Å²) in [6, 6.07) is 0.657. The lowest BCUT2D eigenvalue weighted by Crippen LogP contribution is -2.65. The lowest BCUT2D eigenvalue weighted by atomic mass is 9.78. The van der Waals surface area contributed by atoms with Gasteiger partial charge in [0.25, 0.3) is 0 Å². The van der Waals surface area contributed by atoms with Crippen molar-refractivity contribution in [2.24, 2.45) is 0 Å². The van der Waals surface area contributed by atoms with Gasteiger partial charge in [0, 0.05) is 143 Å². The fraction of sp³-hybridized carbons (Fsp3) is 0.919. The zero-order valence-electron chi connectivity index (χ0n) is 85.4. The molecule has 24 heteroatoms. The Hall–Kier alpha value is -4.08. The van der Waals surface area contributed by atoms with Crippen LogP contribution in [-0.2, 0) is 29.0 Å². The molecule has 710 valence electrons. The SMILES string of the molecule is C=C1CC(N(CCCC)c2nc(N(CCCC)C3CC(C)(C)N(OCCC)C(C)(C)C3)nc(N(CCCCCCN(c3nc(N(CCCC)C4CC(C)(C)N(OCCC)C(C)(C)C4)nc(N(CCCC)C4CC(C)(C)N(OCCC)C(C)(C)C4)n3)C3CC(C)(C)N(OCCC)C(C)(C)C3)C3CC(C)(C)N(OCCC)C(C)(C)C3)n2)CC(C)(C)N1OCCC. The first-order chi connectivity index (χ1) is 57.7. The highest BCUT2D eigenvalue weighted by Crippen LogP contribution is 2.50. The van der Waals surface area contributed by atoms with Gasteiger partial charge in [-0.25, -0.2) is 0 Å². The molecule has 24 nitrogen and oxygen atoms in total. The molecule has 8 rings (SSSR count). The number of hydrogen-bond acceptors (Lipinski definition) is 24. The molecule has 0 aromatic carbocycles. The Kier molecular flexibility index (Phi) is 37.5. The number of hydrogen-bond donors (Lipinski definition) is 0. The van der Waals surface area contributed by atoms with Crippen LogP contribution in [0.3, 0.4) is 0 Å². The molecule has 1 atom stereocenters. The highest BCUT2D eigenvalue weighted by atomic mass is 16.7. The Morgan fingerprint density at radius 2 is 0.407 bits per heavy atom. The summed E-state index contributed by atoms with van der Waals surface area (Å²) in [5.41, 5.74) is -2.16. The van der Waals surface area contributed by atoms with Crippen molar-refractivity contribution in [3.8, 4) is 0 Å². The van der Waals surface area contributed by atoms with E-state index in [1.807, 2.05) is 0 Å². The van der Waals surface area contributed by atoms with Crippen molar-refractivity contribution in [3.05, 3.63) is 12.3 Å². The lowest BCUT2D eigenvalue weighted by Gasteiger charge is -2.56. The highest BCUT2D eigenvalue weighted by Gasteiger charge is 2.55. The number of hydroxylamine groups is 12. The topological polar surface area (TPSA) is 172 Å². The molecule has 0 radical (unpaired) electrons. The first-order valence-corrected chi connectivity index (χ1v) is 50.0. The quantitative estimate of drug-likeness (QED) is 0.0572. The molecule has 6 aliphatic heterocycles. The summed E-state index contributed by atoms with van der Waals surface area (Å²) in [7, 11) is 0. The van der Waals surface area contributed by atoms with Gasteiger partial charge in [-0.2, -0.15) is 55.2 Å². The van der Waals surface area contributed by atoms with Gasteiger partial charge in [-0.3, -0.25) is 34.1 Å². The summed E-state index contributed by atoms with van der Waals surface area (Å²) in [4.78, 5) is 92.4. The van der Waals surface area contributed by atoms with Crippen molar-refractivity contribution in [1.82, 2.24) is 60.3 Å². The van der Waals surface area contributed by atoms with Gasteiger partial charge in [0.15, 0.2) is 0 Å². The van der Waals surface area contributed by atoms with E-state index in [0.717, 1.165) is 273 Å². The van der Waals surface area contributed by atoms with Crippen molar-refractivity contribution in [3.63, 3.8) is 0 Å². The number of aromatic nitrogens is 6. The Bertz CT molecular complexity index is 3340.